The molecule has 2 heterocycles. The highest BCUT2D eigenvalue weighted by atomic mass is 16.5. The van der Waals surface area contributed by atoms with Crippen LogP contribution >= 0.6 is 0 Å². The Balaban J connectivity index is 1.51. The number of carbonyl (C=O) groups is 1. The van der Waals surface area contributed by atoms with E-state index in [2.05, 4.69) is 66.1 Å². The molecule has 1 aromatic heterocycles. The highest BCUT2D eigenvalue weighted by Gasteiger charge is 2.43. The lowest BCUT2D eigenvalue weighted by Gasteiger charge is -2.30. The molecule has 2 unspecified atom stereocenters. The third-order valence-electron chi connectivity index (χ3n) is 7.54. The average molecular weight is 452 g/mol. The van der Waals surface area contributed by atoms with Gasteiger partial charge in [-0.2, -0.15) is 5.10 Å². The molecule has 34 heavy (non-hydrogen) atoms. The van der Waals surface area contributed by atoms with Crippen molar-refractivity contribution in [2.75, 3.05) is 7.11 Å². The maximum absolute atomic E-state index is 13.1. The SMILES string of the molecule is CCC(=O)N1N=C2c3cc(OC)ccc3CCC2C1c1ccc2c(c1)c1ccccc1n2CC. The van der Waals surface area contributed by atoms with E-state index >= 15 is 0 Å². The minimum atomic E-state index is -0.0880. The van der Waals surface area contributed by atoms with Gasteiger partial charge in [-0.05, 0) is 61.2 Å². The second kappa shape index (κ2) is 8.01. The highest BCUT2D eigenvalue weighted by Crippen LogP contribution is 2.45. The van der Waals surface area contributed by atoms with E-state index in [1.54, 1.807) is 12.1 Å². The topological polar surface area (TPSA) is 46.8 Å². The number of aryl methyl sites for hydroxylation is 2. The summed E-state index contributed by atoms with van der Waals surface area (Å²) in [5.74, 6) is 1.06. The molecule has 0 radical (unpaired) electrons. The molecule has 5 heteroatoms. The van der Waals surface area contributed by atoms with Crippen LogP contribution in [0.2, 0.25) is 0 Å². The zero-order chi connectivity index (χ0) is 23.4. The summed E-state index contributed by atoms with van der Waals surface area (Å²) in [5, 5.41) is 9.22. The number of nitrogens with zero attached hydrogens (tertiary/aromatic N) is 3. The van der Waals surface area contributed by atoms with Gasteiger partial charge in [-0.15, -0.1) is 0 Å². The maximum atomic E-state index is 13.1. The Morgan fingerprint density at radius 1 is 1.03 bits per heavy atom. The standard InChI is InChI=1S/C29H29N3O2/c1-4-27(33)32-29(22-14-11-18-10-13-20(34-3)17-23(18)28(22)30-32)19-12-15-26-24(16-19)21-8-6-7-9-25(21)31(26)5-2/h6-10,12-13,15-17,22,29H,4-5,11,14H2,1-3H3. The molecule has 0 spiro atoms. The fourth-order valence-electron chi connectivity index (χ4n) is 5.91. The number of aromatic nitrogens is 1. The number of benzene rings is 3. The summed E-state index contributed by atoms with van der Waals surface area (Å²) in [6, 6.07) is 21.4. The Kier molecular flexibility index (Phi) is 4.94. The van der Waals surface area contributed by atoms with Crippen molar-refractivity contribution in [2.24, 2.45) is 11.0 Å². The maximum Gasteiger partial charge on any atom is 0.242 e. The van der Waals surface area contributed by atoms with E-state index in [0.29, 0.717) is 6.42 Å². The minimum absolute atomic E-state index is 0.0624. The highest BCUT2D eigenvalue weighted by molar-refractivity contribution is 6.09. The molecule has 0 N–H and O–H groups in total. The lowest BCUT2D eigenvalue weighted by molar-refractivity contribution is -0.133. The number of methoxy groups -OCH3 is 1. The van der Waals surface area contributed by atoms with Crippen LogP contribution in [0.3, 0.4) is 0 Å². The first kappa shape index (κ1) is 21.0. The van der Waals surface area contributed by atoms with Crippen LogP contribution in [0.4, 0.5) is 0 Å². The van der Waals surface area contributed by atoms with Gasteiger partial charge in [0.25, 0.3) is 0 Å². The number of ether oxygens (including phenoxy) is 1. The van der Waals surface area contributed by atoms with Gasteiger partial charge in [0, 0.05) is 46.3 Å². The van der Waals surface area contributed by atoms with Crippen LogP contribution < -0.4 is 4.74 Å². The van der Waals surface area contributed by atoms with Crippen LogP contribution in [0, 0.1) is 5.92 Å². The van der Waals surface area contributed by atoms with Crippen molar-refractivity contribution in [3.05, 3.63) is 77.4 Å². The second-order valence-corrected chi connectivity index (χ2v) is 9.23. The van der Waals surface area contributed by atoms with E-state index in [-0.39, 0.29) is 17.9 Å². The summed E-state index contributed by atoms with van der Waals surface area (Å²) in [5.41, 5.74) is 7.06. The molecule has 0 saturated heterocycles. The van der Waals surface area contributed by atoms with Gasteiger partial charge in [-0.1, -0.05) is 37.3 Å². The molecule has 6 rings (SSSR count). The van der Waals surface area contributed by atoms with Crippen molar-refractivity contribution in [1.82, 2.24) is 9.58 Å². The normalized spacial score (nSPS) is 19.3. The Bertz CT molecular complexity index is 1470. The number of rotatable bonds is 4. The van der Waals surface area contributed by atoms with E-state index in [0.717, 1.165) is 42.0 Å². The summed E-state index contributed by atoms with van der Waals surface area (Å²) >= 11 is 0. The first-order chi connectivity index (χ1) is 16.6. The summed E-state index contributed by atoms with van der Waals surface area (Å²) in [6.07, 6.45) is 2.39. The molecule has 5 nitrogen and oxygen atoms in total. The number of para-hydroxylation sites is 1. The largest absolute Gasteiger partial charge is 0.497 e. The van der Waals surface area contributed by atoms with Gasteiger partial charge in [0.15, 0.2) is 0 Å². The Labute approximate surface area is 199 Å². The second-order valence-electron chi connectivity index (χ2n) is 9.23. The first-order valence-electron chi connectivity index (χ1n) is 12.2. The van der Waals surface area contributed by atoms with Crippen LogP contribution in [0.15, 0.2) is 65.8 Å². The summed E-state index contributed by atoms with van der Waals surface area (Å²) in [7, 11) is 1.69. The van der Waals surface area contributed by atoms with Crippen LogP contribution in [0.5, 0.6) is 5.75 Å². The van der Waals surface area contributed by atoms with E-state index in [4.69, 9.17) is 9.84 Å². The van der Waals surface area contributed by atoms with Gasteiger partial charge in [0.05, 0.1) is 18.9 Å². The lowest BCUT2D eigenvalue weighted by Crippen LogP contribution is -2.31. The van der Waals surface area contributed by atoms with Crippen molar-refractivity contribution >= 4 is 33.4 Å². The van der Waals surface area contributed by atoms with Gasteiger partial charge >= 0.3 is 0 Å². The predicted molar refractivity (Wildman–Crippen MR) is 136 cm³/mol. The minimum Gasteiger partial charge on any atom is -0.497 e. The summed E-state index contributed by atoms with van der Waals surface area (Å²) in [4.78, 5) is 13.1. The summed E-state index contributed by atoms with van der Waals surface area (Å²) in [6.45, 7) is 5.02. The van der Waals surface area contributed by atoms with E-state index in [1.807, 2.05) is 13.0 Å². The van der Waals surface area contributed by atoms with Gasteiger partial charge in [0.2, 0.25) is 5.91 Å². The Morgan fingerprint density at radius 2 is 1.85 bits per heavy atom. The molecule has 0 bridgehead atoms. The lowest BCUT2D eigenvalue weighted by atomic mass is 9.77. The third-order valence-corrected chi connectivity index (χ3v) is 7.54. The molecule has 2 aliphatic rings. The fraction of sp³-hybridized carbons (Fsp3) is 0.310. The predicted octanol–water partition coefficient (Wildman–Crippen LogP) is 6.08. The Hall–Kier alpha value is -3.60. The molecule has 2 atom stereocenters. The molecule has 4 aromatic rings. The van der Waals surface area contributed by atoms with Crippen LogP contribution in [-0.4, -0.2) is 28.3 Å². The van der Waals surface area contributed by atoms with Crippen molar-refractivity contribution in [2.45, 2.75) is 45.7 Å². The molecular formula is C29H29N3O2. The summed E-state index contributed by atoms with van der Waals surface area (Å²) < 4.78 is 7.86. The number of fused-ring (bicyclic) bond motifs is 6. The third kappa shape index (κ3) is 2.99. The van der Waals surface area contributed by atoms with E-state index in [9.17, 15) is 4.79 Å². The number of hydrazone groups is 1. The van der Waals surface area contributed by atoms with Crippen LogP contribution in [0.1, 0.15) is 49.4 Å². The molecule has 1 amide bonds. The number of hydrogen-bond donors (Lipinski definition) is 0. The monoisotopic (exact) mass is 451 g/mol. The number of carbonyl (C=O) groups excluding carboxylic acids is 1. The number of amides is 1. The first-order valence-corrected chi connectivity index (χ1v) is 12.2. The van der Waals surface area contributed by atoms with Gasteiger partial charge < -0.3 is 9.30 Å². The molecule has 0 fully saturated rings. The number of hydrogen-bond acceptors (Lipinski definition) is 3. The van der Waals surface area contributed by atoms with Gasteiger partial charge in [-0.25, -0.2) is 5.01 Å². The molecule has 172 valence electrons. The molecular weight excluding hydrogens is 422 g/mol. The Morgan fingerprint density at radius 3 is 2.65 bits per heavy atom. The van der Waals surface area contributed by atoms with Crippen LogP contribution in [-0.2, 0) is 17.8 Å². The molecule has 3 aromatic carbocycles. The fourth-order valence-corrected chi connectivity index (χ4v) is 5.91. The van der Waals surface area contributed by atoms with Crippen molar-refractivity contribution in [3.8, 4) is 5.75 Å². The van der Waals surface area contributed by atoms with E-state index in [1.165, 1.54) is 27.4 Å². The average Bonchev–Trinajstić information content (AvgIpc) is 3.43. The molecule has 1 aliphatic heterocycles. The van der Waals surface area contributed by atoms with Crippen molar-refractivity contribution in [1.29, 1.82) is 0 Å². The smallest absolute Gasteiger partial charge is 0.242 e. The zero-order valence-electron chi connectivity index (χ0n) is 19.9. The van der Waals surface area contributed by atoms with Crippen molar-refractivity contribution in [3.63, 3.8) is 0 Å². The van der Waals surface area contributed by atoms with Gasteiger partial charge in [0.1, 0.15) is 5.75 Å². The molecule has 1 aliphatic carbocycles. The van der Waals surface area contributed by atoms with Gasteiger partial charge in [-0.3, -0.25) is 4.79 Å². The van der Waals surface area contributed by atoms with Crippen LogP contribution in [0.25, 0.3) is 21.8 Å². The zero-order valence-corrected chi connectivity index (χ0v) is 19.9. The molecule has 0 saturated carbocycles. The van der Waals surface area contributed by atoms with E-state index < -0.39 is 0 Å². The quantitative estimate of drug-likeness (QED) is 0.377. The van der Waals surface area contributed by atoms with Crippen molar-refractivity contribution < 1.29 is 9.53 Å².